The van der Waals surface area contributed by atoms with Crippen molar-refractivity contribution in [2.75, 3.05) is 13.1 Å². The largest absolute Gasteiger partial charge is 0.342 e. The van der Waals surface area contributed by atoms with Crippen molar-refractivity contribution in [3.8, 4) is 0 Å². The van der Waals surface area contributed by atoms with Crippen LogP contribution in [0.3, 0.4) is 0 Å². The predicted molar refractivity (Wildman–Crippen MR) is 97.9 cm³/mol. The Kier molecular flexibility index (Phi) is 4.28. The van der Waals surface area contributed by atoms with Crippen molar-refractivity contribution >= 4 is 16.9 Å². The standard InChI is InChI=1S/C19H21N5O2/c1-23-18(25)9-8-16(22-23)19(26)24-10-4-5-13(12-24)11-17-20-14-6-2-3-7-15(14)21-17/h2-3,6-9,13H,4-5,10-12H2,1H3,(H,20,21)/t13-/m1/s1. The number of aromatic amines is 1. The fourth-order valence-electron chi connectivity index (χ4n) is 3.57. The third-order valence-electron chi connectivity index (χ3n) is 4.91. The van der Waals surface area contributed by atoms with E-state index < -0.39 is 0 Å². The van der Waals surface area contributed by atoms with E-state index in [1.807, 2.05) is 29.2 Å². The zero-order chi connectivity index (χ0) is 18.1. The van der Waals surface area contributed by atoms with Gasteiger partial charge in [-0.1, -0.05) is 12.1 Å². The highest BCUT2D eigenvalue weighted by molar-refractivity contribution is 5.92. The summed E-state index contributed by atoms with van der Waals surface area (Å²) in [6.45, 7) is 1.40. The number of rotatable bonds is 3. The highest BCUT2D eigenvalue weighted by atomic mass is 16.2. The van der Waals surface area contributed by atoms with Gasteiger partial charge in [0.2, 0.25) is 0 Å². The number of likely N-dealkylation sites (tertiary alicyclic amines) is 1. The second-order valence-electron chi connectivity index (χ2n) is 6.84. The third kappa shape index (κ3) is 3.24. The lowest BCUT2D eigenvalue weighted by Crippen LogP contribution is -2.41. The number of fused-ring (bicyclic) bond motifs is 1. The lowest BCUT2D eigenvalue weighted by Gasteiger charge is -2.32. The molecule has 4 rings (SSSR count). The fraction of sp³-hybridized carbons (Fsp3) is 0.368. The molecule has 2 aromatic heterocycles. The summed E-state index contributed by atoms with van der Waals surface area (Å²) in [7, 11) is 1.56. The molecule has 0 aliphatic carbocycles. The fourth-order valence-corrected chi connectivity index (χ4v) is 3.57. The smallest absolute Gasteiger partial charge is 0.274 e. The van der Waals surface area contributed by atoms with Gasteiger partial charge in [-0.05, 0) is 37.0 Å². The molecule has 0 spiro atoms. The van der Waals surface area contributed by atoms with Gasteiger partial charge in [-0.25, -0.2) is 9.67 Å². The van der Waals surface area contributed by atoms with Crippen LogP contribution in [0.25, 0.3) is 11.0 Å². The van der Waals surface area contributed by atoms with Crippen LogP contribution in [0.2, 0.25) is 0 Å². The third-order valence-corrected chi connectivity index (χ3v) is 4.91. The van der Waals surface area contributed by atoms with Crippen molar-refractivity contribution in [1.29, 1.82) is 0 Å². The zero-order valence-electron chi connectivity index (χ0n) is 14.7. The molecule has 7 heteroatoms. The van der Waals surface area contributed by atoms with E-state index >= 15 is 0 Å². The van der Waals surface area contributed by atoms with Gasteiger partial charge in [0.15, 0.2) is 0 Å². The van der Waals surface area contributed by atoms with E-state index in [4.69, 9.17) is 0 Å². The van der Waals surface area contributed by atoms with Gasteiger partial charge in [0.1, 0.15) is 11.5 Å². The van der Waals surface area contributed by atoms with Crippen LogP contribution < -0.4 is 5.56 Å². The molecule has 1 saturated heterocycles. The van der Waals surface area contributed by atoms with Crippen molar-refractivity contribution in [3.63, 3.8) is 0 Å². The summed E-state index contributed by atoms with van der Waals surface area (Å²) in [5.74, 6) is 1.21. The van der Waals surface area contributed by atoms with E-state index in [1.54, 1.807) is 7.05 Å². The maximum absolute atomic E-state index is 12.7. The quantitative estimate of drug-likeness (QED) is 0.779. The molecule has 0 bridgehead atoms. The Morgan fingerprint density at radius 1 is 1.27 bits per heavy atom. The van der Waals surface area contributed by atoms with Gasteiger partial charge < -0.3 is 9.88 Å². The number of amides is 1. The van der Waals surface area contributed by atoms with Crippen LogP contribution in [-0.4, -0.2) is 43.6 Å². The molecule has 0 unspecified atom stereocenters. The van der Waals surface area contributed by atoms with E-state index in [9.17, 15) is 9.59 Å². The Balaban J connectivity index is 1.47. The average Bonchev–Trinajstić information content (AvgIpc) is 3.06. The molecule has 1 N–H and O–H groups in total. The first-order chi connectivity index (χ1) is 12.6. The van der Waals surface area contributed by atoms with Crippen molar-refractivity contribution in [3.05, 3.63) is 58.3 Å². The summed E-state index contributed by atoms with van der Waals surface area (Å²) in [6.07, 6.45) is 2.85. The van der Waals surface area contributed by atoms with E-state index in [0.29, 0.717) is 18.2 Å². The number of aromatic nitrogens is 4. The molecule has 0 saturated carbocycles. The number of hydrogen-bond donors (Lipinski definition) is 1. The molecular formula is C19H21N5O2. The molecule has 1 fully saturated rings. The molecule has 3 heterocycles. The summed E-state index contributed by atoms with van der Waals surface area (Å²) < 4.78 is 1.20. The molecule has 1 aromatic carbocycles. The summed E-state index contributed by atoms with van der Waals surface area (Å²) in [6, 6.07) is 10.9. The minimum atomic E-state index is -0.219. The molecule has 134 valence electrons. The number of imidazole rings is 1. The monoisotopic (exact) mass is 351 g/mol. The van der Waals surface area contributed by atoms with Crippen molar-refractivity contribution in [2.24, 2.45) is 13.0 Å². The van der Waals surface area contributed by atoms with E-state index in [-0.39, 0.29) is 11.5 Å². The summed E-state index contributed by atoms with van der Waals surface area (Å²) in [5, 5.41) is 4.08. The van der Waals surface area contributed by atoms with Gasteiger partial charge in [-0.15, -0.1) is 0 Å². The molecular weight excluding hydrogens is 330 g/mol. The Labute approximate surface area is 150 Å². The summed E-state index contributed by atoms with van der Waals surface area (Å²) >= 11 is 0. The topological polar surface area (TPSA) is 83.9 Å². The number of H-pyrrole nitrogens is 1. The van der Waals surface area contributed by atoms with Crippen molar-refractivity contribution < 1.29 is 4.79 Å². The van der Waals surface area contributed by atoms with Gasteiger partial charge in [-0.2, -0.15) is 5.10 Å². The highest BCUT2D eigenvalue weighted by Crippen LogP contribution is 2.22. The van der Waals surface area contributed by atoms with Gasteiger partial charge >= 0.3 is 0 Å². The number of hydrogen-bond acceptors (Lipinski definition) is 4. The first-order valence-corrected chi connectivity index (χ1v) is 8.87. The minimum absolute atomic E-state index is 0.116. The number of piperidine rings is 1. The Morgan fingerprint density at radius 3 is 2.92 bits per heavy atom. The number of nitrogens with zero attached hydrogens (tertiary/aromatic N) is 4. The lowest BCUT2D eigenvalue weighted by atomic mass is 9.94. The van der Waals surface area contributed by atoms with E-state index in [1.165, 1.54) is 16.8 Å². The predicted octanol–water partition coefficient (Wildman–Crippen LogP) is 1.75. The van der Waals surface area contributed by atoms with Gasteiger partial charge in [0.25, 0.3) is 11.5 Å². The van der Waals surface area contributed by atoms with Crippen LogP contribution in [0.5, 0.6) is 0 Å². The normalized spacial score (nSPS) is 17.6. The summed E-state index contributed by atoms with van der Waals surface area (Å²) in [4.78, 5) is 34.0. The number of para-hydroxylation sites is 2. The summed E-state index contributed by atoms with van der Waals surface area (Å²) in [5.41, 5.74) is 2.11. The first kappa shape index (κ1) is 16.5. The Bertz CT molecular complexity index is 973. The number of aryl methyl sites for hydroxylation is 1. The maximum atomic E-state index is 12.7. The van der Waals surface area contributed by atoms with Crippen LogP contribution in [0, 0.1) is 5.92 Å². The Morgan fingerprint density at radius 2 is 2.12 bits per heavy atom. The van der Waals surface area contributed by atoms with Crippen LogP contribution in [0.4, 0.5) is 0 Å². The number of benzene rings is 1. The van der Waals surface area contributed by atoms with Gasteiger partial charge in [0, 0.05) is 32.6 Å². The molecule has 7 nitrogen and oxygen atoms in total. The minimum Gasteiger partial charge on any atom is -0.342 e. The molecule has 0 radical (unpaired) electrons. The van der Waals surface area contributed by atoms with Gasteiger partial charge in [-0.3, -0.25) is 9.59 Å². The molecule has 1 atom stereocenters. The van der Waals surface area contributed by atoms with Crippen molar-refractivity contribution in [1.82, 2.24) is 24.6 Å². The van der Waals surface area contributed by atoms with Crippen LogP contribution >= 0.6 is 0 Å². The number of nitrogens with one attached hydrogen (secondary N) is 1. The Hall–Kier alpha value is -2.96. The molecule has 1 aliphatic heterocycles. The molecule has 3 aromatic rings. The molecule has 1 amide bonds. The zero-order valence-corrected chi connectivity index (χ0v) is 14.7. The SMILES string of the molecule is Cn1nc(C(=O)N2CCC[C@H](Cc3nc4ccccc4[nH]3)C2)ccc1=O. The van der Waals surface area contributed by atoms with Crippen LogP contribution in [-0.2, 0) is 13.5 Å². The van der Waals surface area contributed by atoms with Crippen LogP contribution in [0.15, 0.2) is 41.2 Å². The van der Waals surface area contributed by atoms with E-state index in [2.05, 4.69) is 15.1 Å². The molecule has 1 aliphatic rings. The second kappa shape index (κ2) is 6.74. The van der Waals surface area contributed by atoms with Crippen LogP contribution in [0.1, 0.15) is 29.2 Å². The first-order valence-electron chi connectivity index (χ1n) is 8.87. The van der Waals surface area contributed by atoms with Crippen molar-refractivity contribution in [2.45, 2.75) is 19.3 Å². The van der Waals surface area contributed by atoms with Gasteiger partial charge in [0.05, 0.1) is 11.0 Å². The highest BCUT2D eigenvalue weighted by Gasteiger charge is 2.26. The molecule has 26 heavy (non-hydrogen) atoms. The van der Waals surface area contributed by atoms with E-state index in [0.717, 1.165) is 42.7 Å². The maximum Gasteiger partial charge on any atom is 0.274 e. The number of carbonyl (C=O) groups excluding carboxylic acids is 1. The number of carbonyl (C=O) groups is 1. The average molecular weight is 351 g/mol. The lowest BCUT2D eigenvalue weighted by molar-refractivity contribution is 0.0663. The second-order valence-corrected chi connectivity index (χ2v) is 6.84.